The second kappa shape index (κ2) is 5.23. The molecule has 0 amide bonds. The van der Waals surface area contributed by atoms with Gasteiger partial charge in [0.15, 0.2) is 12.5 Å². The molecule has 6 heteroatoms. The third-order valence-electron chi connectivity index (χ3n) is 1.63. The number of alkyl halides is 1. The maximum atomic E-state index is 11.7. The lowest BCUT2D eigenvalue weighted by Crippen LogP contribution is -2.47. The molecule has 0 spiro atoms. The highest BCUT2D eigenvalue weighted by atomic mass is 19.1. The molecule has 0 heterocycles. The van der Waals surface area contributed by atoms with Gasteiger partial charge in [-0.25, -0.2) is 4.39 Å². The van der Waals surface area contributed by atoms with Gasteiger partial charge in [-0.2, -0.15) is 0 Å². The molecule has 5 nitrogen and oxygen atoms in total. The Labute approximate surface area is 74.4 Å². The Balaban J connectivity index is 4.24. The number of aliphatic hydroxyl groups is 4. The van der Waals surface area contributed by atoms with E-state index in [2.05, 4.69) is 0 Å². The molecule has 0 bridgehead atoms. The Morgan fingerprint density at radius 3 is 2.00 bits per heavy atom. The molecule has 0 aliphatic heterocycles. The highest BCUT2D eigenvalue weighted by Crippen LogP contribution is 2.05. The number of carbonyl (C=O) groups is 1. The molecular weight excluding hydrogens is 183 g/mol. The molecule has 0 aromatic heterocycles. The standard InChI is InChI=1S/C7H13FO5/c1-3(9)5(11)7(13)6(12)4(10)2-8/h3,5-7,9,11-13H,2H2,1H3. The minimum absolute atomic E-state index is 1.17. The van der Waals surface area contributed by atoms with Crippen LogP contribution in [0.1, 0.15) is 6.92 Å². The average molecular weight is 196 g/mol. The van der Waals surface area contributed by atoms with Gasteiger partial charge in [0.25, 0.3) is 0 Å². The quantitative estimate of drug-likeness (QED) is 0.407. The van der Waals surface area contributed by atoms with Crippen molar-refractivity contribution in [1.29, 1.82) is 0 Å². The first-order valence-corrected chi connectivity index (χ1v) is 3.72. The number of Topliss-reactive ketones (excluding diaryl/α,β-unsaturated/α-hetero) is 1. The van der Waals surface area contributed by atoms with E-state index in [1.165, 1.54) is 6.92 Å². The molecule has 0 saturated heterocycles. The summed E-state index contributed by atoms with van der Waals surface area (Å²) in [6.07, 6.45) is -6.86. The van der Waals surface area contributed by atoms with Gasteiger partial charge in [0.1, 0.15) is 18.3 Å². The zero-order valence-electron chi connectivity index (χ0n) is 7.09. The van der Waals surface area contributed by atoms with Crippen molar-refractivity contribution < 1.29 is 29.6 Å². The summed E-state index contributed by atoms with van der Waals surface area (Å²) in [5.74, 6) is -1.23. The summed E-state index contributed by atoms with van der Waals surface area (Å²) in [6, 6.07) is 0. The summed E-state index contributed by atoms with van der Waals surface area (Å²) < 4.78 is 11.7. The molecule has 0 fully saturated rings. The molecule has 0 rings (SSSR count). The van der Waals surface area contributed by atoms with E-state index in [4.69, 9.17) is 20.4 Å². The van der Waals surface area contributed by atoms with Crippen molar-refractivity contribution in [2.45, 2.75) is 31.3 Å². The lowest BCUT2D eigenvalue weighted by Gasteiger charge is -2.23. The zero-order valence-corrected chi connectivity index (χ0v) is 7.09. The summed E-state index contributed by atoms with van der Waals surface area (Å²) in [5, 5.41) is 35.6. The van der Waals surface area contributed by atoms with Crippen LogP contribution in [0.25, 0.3) is 0 Å². The van der Waals surface area contributed by atoms with Gasteiger partial charge in [0.2, 0.25) is 0 Å². The predicted molar refractivity (Wildman–Crippen MR) is 40.7 cm³/mol. The van der Waals surface area contributed by atoms with Crippen molar-refractivity contribution in [3.8, 4) is 0 Å². The number of aliphatic hydroxyl groups excluding tert-OH is 4. The minimum Gasteiger partial charge on any atom is -0.391 e. The van der Waals surface area contributed by atoms with Crippen molar-refractivity contribution in [2.24, 2.45) is 0 Å². The van der Waals surface area contributed by atoms with Crippen LogP contribution < -0.4 is 0 Å². The topological polar surface area (TPSA) is 98.0 Å². The minimum atomic E-state index is -2.00. The second-order valence-corrected chi connectivity index (χ2v) is 2.77. The van der Waals surface area contributed by atoms with Crippen molar-refractivity contribution >= 4 is 5.78 Å². The van der Waals surface area contributed by atoms with Gasteiger partial charge in [-0.05, 0) is 6.92 Å². The molecular formula is C7H13FO5. The Hall–Kier alpha value is -0.560. The smallest absolute Gasteiger partial charge is 0.194 e. The molecule has 78 valence electrons. The third-order valence-corrected chi connectivity index (χ3v) is 1.63. The fourth-order valence-corrected chi connectivity index (χ4v) is 0.742. The van der Waals surface area contributed by atoms with E-state index in [-0.39, 0.29) is 0 Å². The highest BCUT2D eigenvalue weighted by Gasteiger charge is 2.32. The molecule has 0 saturated carbocycles. The first kappa shape index (κ1) is 12.4. The van der Waals surface area contributed by atoms with Crippen LogP contribution in [0.2, 0.25) is 0 Å². The van der Waals surface area contributed by atoms with E-state index in [1.807, 2.05) is 0 Å². The van der Waals surface area contributed by atoms with Crippen LogP contribution in [0.5, 0.6) is 0 Å². The van der Waals surface area contributed by atoms with Crippen LogP contribution in [0.15, 0.2) is 0 Å². The molecule has 13 heavy (non-hydrogen) atoms. The monoisotopic (exact) mass is 196 g/mol. The summed E-state index contributed by atoms with van der Waals surface area (Å²) in [4.78, 5) is 10.5. The fraction of sp³-hybridized carbons (Fsp3) is 0.857. The van der Waals surface area contributed by atoms with E-state index in [0.717, 1.165) is 0 Å². The number of rotatable bonds is 5. The van der Waals surface area contributed by atoms with Crippen molar-refractivity contribution in [3.63, 3.8) is 0 Å². The number of carbonyl (C=O) groups excluding carboxylic acids is 1. The Morgan fingerprint density at radius 1 is 1.23 bits per heavy atom. The van der Waals surface area contributed by atoms with Gasteiger partial charge in [0.05, 0.1) is 6.10 Å². The Morgan fingerprint density at radius 2 is 1.69 bits per heavy atom. The SMILES string of the molecule is CC(O)C(O)C(O)C(O)C(=O)CF. The van der Waals surface area contributed by atoms with E-state index in [0.29, 0.717) is 0 Å². The van der Waals surface area contributed by atoms with Crippen LogP contribution in [-0.2, 0) is 4.79 Å². The van der Waals surface area contributed by atoms with Crippen LogP contribution >= 0.6 is 0 Å². The fourth-order valence-electron chi connectivity index (χ4n) is 0.742. The maximum Gasteiger partial charge on any atom is 0.194 e. The average Bonchev–Trinajstić information content (AvgIpc) is 2.12. The van der Waals surface area contributed by atoms with Gasteiger partial charge in [-0.15, -0.1) is 0 Å². The maximum absolute atomic E-state index is 11.7. The van der Waals surface area contributed by atoms with Gasteiger partial charge < -0.3 is 20.4 Å². The van der Waals surface area contributed by atoms with Crippen molar-refractivity contribution in [2.75, 3.05) is 6.67 Å². The Kier molecular flexibility index (Phi) is 5.01. The number of hydrogen-bond donors (Lipinski definition) is 4. The summed E-state index contributed by atoms with van der Waals surface area (Å²) in [7, 11) is 0. The van der Waals surface area contributed by atoms with E-state index in [1.54, 1.807) is 0 Å². The number of ketones is 1. The normalized spacial score (nSPS) is 20.5. The summed E-state index contributed by atoms with van der Waals surface area (Å²) in [5.41, 5.74) is 0. The van der Waals surface area contributed by atoms with Gasteiger partial charge in [-0.1, -0.05) is 0 Å². The van der Waals surface area contributed by atoms with Crippen LogP contribution in [-0.4, -0.2) is 57.3 Å². The molecule has 4 unspecified atom stereocenters. The molecule has 4 atom stereocenters. The van der Waals surface area contributed by atoms with Crippen molar-refractivity contribution in [1.82, 2.24) is 0 Å². The summed E-state index contributed by atoms with van der Waals surface area (Å²) >= 11 is 0. The van der Waals surface area contributed by atoms with Crippen LogP contribution in [0.3, 0.4) is 0 Å². The molecule has 0 aromatic carbocycles. The second-order valence-electron chi connectivity index (χ2n) is 2.77. The zero-order chi connectivity index (χ0) is 10.6. The number of hydrogen-bond acceptors (Lipinski definition) is 5. The van der Waals surface area contributed by atoms with E-state index < -0.39 is 36.9 Å². The van der Waals surface area contributed by atoms with Crippen LogP contribution in [0.4, 0.5) is 4.39 Å². The Bertz CT molecular complexity index is 172. The molecule has 0 aliphatic carbocycles. The van der Waals surface area contributed by atoms with Gasteiger partial charge >= 0.3 is 0 Å². The molecule has 0 aromatic rings. The van der Waals surface area contributed by atoms with Gasteiger partial charge in [0, 0.05) is 0 Å². The lowest BCUT2D eigenvalue weighted by atomic mass is 10.0. The van der Waals surface area contributed by atoms with E-state index >= 15 is 0 Å². The molecule has 0 aliphatic rings. The lowest BCUT2D eigenvalue weighted by molar-refractivity contribution is -0.144. The third kappa shape index (κ3) is 3.35. The highest BCUT2D eigenvalue weighted by molar-refractivity contribution is 5.84. The van der Waals surface area contributed by atoms with Gasteiger partial charge in [-0.3, -0.25) is 4.79 Å². The number of halogens is 1. The summed E-state index contributed by atoms with van der Waals surface area (Å²) in [6.45, 7) is -0.259. The van der Waals surface area contributed by atoms with Crippen LogP contribution in [0, 0.1) is 0 Å². The predicted octanol–water partition coefficient (Wildman–Crippen LogP) is -2.01. The largest absolute Gasteiger partial charge is 0.391 e. The first-order valence-electron chi connectivity index (χ1n) is 3.72. The van der Waals surface area contributed by atoms with E-state index in [9.17, 15) is 9.18 Å². The first-order chi connectivity index (χ1) is 5.91. The molecule has 4 N–H and O–H groups in total. The molecule has 0 radical (unpaired) electrons. The van der Waals surface area contributed by atoms with Crippen molar-refractivity contribution in [3.05, 3.63) is 0 Å².